The third-order valence-corrected chi connectivity index (χ3v) is 7.57. The number of aliphatic imine (C=N–C) groups is 1. The van der Waals surface area contributed by atoms with Crippen molar-refractivity contribution in [2.75, 3.05) is 0 Å². The van der Waals surface area contributed by atoms with Crippen molar-refractivity contribution < 1.29 is 4.79 Å². The number of halogens is 2. The Morgan fingerprint density at radius 1 is 0.842 bits per heavy atom. The topological polar surface area (TPSA) is 72.0 Å². The van der Waals surface area contributed by atoms with Crippen molar-refractivity contribution in [2.45, 2.75) is 6.92 Å². The van der Waals surface area contributed by atoms with Crippen molar-refractivity contribution >= 4 is 64.0 Å². The van der Waals surface area contributed by atoms with E-state index in [1.807, 2.05) is 60.7 Å². The van der Waals surface area contributed by atoms with Gasteiger partial charge in [-0.25, -0.2) is 9.67 Å². The molecular formula is C28H21Cl2N5O2S. The first-order valence-electron chi connectivity index (χ1n) is 11.5. The number of aromatic nitrogens is 2. The first kappa shape index (κ1) is 25.8. The van der Waals surface area contributed by atoms with Crippen LogP contribution in [0, 0.1) is 6.92 Å². The van der Waals surface area contributed by atoms with Crippen LogP contribution in [-0.4, -0.2) is 31.7 Å². The van der Waals surface area contributed by atoms with Gasteiger partial charge >= 0.3 is 0 Å². The fraction of sp³-hybridized carbons (Fsp3) is 0.0714. The highest BCUT2D eigenvalue weighted by Gasteiger charge is 2.34. The predicted molar refractivity (Wildman–Crippen MR) is 156 cm³/mol. The highest BCUT2D eigenvalue weighted by atomic mass is 35.5. The third-order valence-electron chi connectivity index (χ3n) is 5.93. The van der Waals surface area contributed by atoms with Gasteiger partial charge in [0.2, 0.25) is 0 Å². The summed E-state index contributed by atoms with van der Waals surface area (Å²) in [6.45, 7) is 1.81. The maximum atomic E-state index is 13.5. The molecule has 0 unspecified atom stereocenters. The summed E-state index contributed by atoms with van der Waals surface area (Å²) in [5.74, 6) is -0.394. The van der Waals surface area contributed by atoms with Crippen molar-refractivity contribution in [2.24, 2.45) is 17.1 Å². The number of amidine groups is 1. The average molecular weight is 562 g/mol. The molecule has 7 nitrogen and oxygen atoms in total. The first-order valence-corrected chi connectivity index (χ1v) is 13.1. The molecule has 2 heterocycles. The molecule has 4 aromatic rings. The average Bonchev–Trinajstić information content (AvgIpc) is 3.32. The lowest BCUT2D eigenvalue weighted by Crippen LogP contribution is -2.24. The van der Waals surface area contributed by atoms with Crippen molar-refractivity contribution in [3.8, 4) is 5.69 Å². The van der Waals surface area contributed by atoms with Crippen LogP contribution in [0.5, 0.6) is 0 Å². The summed E-state index contributed by atoms with van der Waals surface area (Å²) in [6, 6.07) is 23.7. The second-order valence-corrected chi connectivity index (χ2v) is 10.1. The van der Waals surface area contributed by atoms with E-state index in [4.69, 9.17) is 23.2 Å². The normalized spacial score (nSPS) is 15.9. The molecule has 0 radical (unpaired) electrons. The van der Waals surface area contributed by atoms with E-state index >= 15 is 0 Å². The van der Waals surface area contributed by atoms with Gasteiger partial charge in [0.05, 0.1) is 22.5 Å². The number of benzene rings is 3. The van der Waals surface area contributed by atoms with E-state index in [1.54, 1.807) is 42.9 Å². The van der Waals surface area contributed by atoms with Crippen LogP contribution in [0.4, 0.5) is 5.69 Å². The summed E-state index contributed by atoms with van der Waals surface area (Å²) in [7, 11) is 1.79. The molecule has 38 heavy (non-hydrogen) atoms. The van der Waals surface area contributed by atoms with Crippen molar-refractivity contribution in [1.29, 1.82) is 0 Å². The second kappa shape index (κ2) is 10.9. The lowest BCUT2D eigenvalue weighted by atomic mass is 10.2. The quantitative estimate of drug-likeness (QED) is 0.208. The molecule has 0 saturated carbocycles. The minimum absolute atomic E-state index is 0.212. The predicted octanol–water partition coefficient (Wildman–Crippen LogP) is 6.43. The monoisotopic (exact) mass is 561 g/mol. The summed E-state index contributed by atoms with van der Waals surface area (Å²) in [5.41, 5.74) is 2.57. The fourth-order valence-corrected chi connectivity index (χ4v) is 5.14. The van der Waals surface area contributed by atoms with Crippen LogP contribution in [0.3, 0.4) is 0 Å². The molecule has 0 atom stereocenters. The molecule has 1 saturated heterocycles. The van der Waals surface area contributed by atoms with Gasteiger partial charge in [-0.3, -0.25) is 14.3 Å². The highest BCUT2D eigenvalue weighted by Crippen LogP contribution is 2.35. The van der Waals surface area contributed by atoms with Crippen molar-refractivity contribution in [3.63, 3.8) is 0 Å². The minimum Gasteiger partial charge on any atom is -0.283 e. The van der Waals surface area contributed by atoms with Gasteiger partial charge in [-0.05, 0) is 54.6 Å². The maximum Gasteiger partial charge on any atom is 0.297 e. The molecular weight excluding hydrogens is 541 g/mol. The van der Waals surface area contributed by atoms with E-state index in [0.29, 0.717) is 37.5 Å². The second-order valence-electron chi connectivity index (χ2n) is 8.32. The number of thioether (sulfide) groups is 1. The Kier molecular flexibility index (Phi) is 7.37. The van der Waals surface area contributed by atoms with E-state index in [1.165, 1.54) is 15.9 Å². The van der Waals surface area contributed by atoms with Gasteiger partial charge in [-0.15, -0.1) is 0 Å². The lowest BCUT2D eigenvalue weighted by molar-refractivity contribution is -0.122. The summed E-state index contributed by atoms with van der Waals surface area (Å²) in [5, 5.41) is 6.82. The largest absolute Gasteiger partial charge is 0.297 e. The van der Waals surface area contributed by atoms with Crippen LogP contribution in [0.1, 0.15) is 16.8 Å². The number of nitrogens with zero attached hydrogens (tertiary/aromatic N) is 5. The van der Waals surface area contributed by atoms with Crippen LogP contribution < -0.4 is 5.56 Å². The Bertz CT molecular complexity index is 1690. The Hall–Kier alpha value is -3.85. The molecule has 0 spiro atoms. The summed E-state index contributed by atoms with van der Waals surface area (Å²) in [4.78, 5) is 32.0. The van der Waals surface area contributed by atoms with Gasteiger partial charge in [0.25, 0.3) is 11.5 Å². The van der Waals surface area contributed by atoms with Crippen molar-refractivity contribution in [3.05, 3.63) is 121 Å². The van der Waals surface area contributed by atoms with Gasteiger partial charge in [-0.2, -0.15) is 10.1 Å². The van der Waals surface area contributed by atoms with Gasteiger partial charge in [-0.1, -0.05) is 77.8 Å². The standard InChI is InChI=1S/C28H21Cl2N5O2S/c1-18-25(27(37)35(33(18)2)21-12-4-3-5-13-21)32-28-34(31-17-20-11-7-9-15-23(20)30)26(36)24(38-28)16-19-10-6-8-14-22(19)29/h3-17H,1-2H3. The van der Waals surface area contributed by atoms with E-state index in [-0.39, 0.29) is 16.4 Å². The molecule has 1 aliphatic rings. The number of hydrogen-bond donors (Lipinski definition) is 0. The molecule has 0 bridgehead atoms. The van der Waals surface area contributed by atoms with Crippen LogP contribution in [0.25, 0.3) is 11.8 Å². The molecule has 1 fully saturated rings. The number of para-hydroxylation sites is 1. The molecule has 3 aromatic carbocycles. The van der Waals surface area contributed by atoms with E-state index in [0.717, 1.165) is 11.8 Å². The number of amides is 1. The van der Waals surface area contributed by atoms with Gasteiger partial charge in [0.1, 0.15) is 0 Å². The first-order chi connectivity index (χ1) is 18.3. The van der Waals surface area contributed by atoms with E-state index in [9.17, 15) is 9.59 Å². The van der Waals surface area contributed by atoms with Crippen molar-refractivity contribution in [1.82, 2.24) is 14.4 Å². The lowest BCUT2D eigenvalue weighted by Gasteiger charge is -2.08. The maximum absolute atomic E-state index is 13.5. The molecule has 0 aliphatic carbocycles. The van der Waals surface area contributed by atoms with Crippen LogP contribution in [0.15, 0.2) is 98.7 Å². The Balaban J connectivity index is 1.62. The third kappa shape index (κ3) is 4.98. The summed E-state index contributed by atoms with van der Waals surface area (Å²) < 4.78 is 3.27. The van der Waals surface area contributed by atoms with Crippen LogP contribution >= 0.6 is 35.0 Å². The molecule has 1 amide bonds. The number of carbonyl (C=O) groups excluding carboxylic acids is 1. The highest BCUT2D eigenvalue weighted by molar-refractivity contribution is 8.18. The van der Waals surface area contributed by atoms with Gasteiger partial charge in [0.15, 0.2) is 10.9 Å². The zero-order valence-electron chi connectivity index (χ0n) is 20.4. The molecule has 1 aromatic heterocycles. The molecule has 5 rings (SSSR count). The molecule has 10 heteroatoms. The Morgan fingerprint density at radius 3 is 2.11 bits per heavy atom. The summed E-state index contributed by atoms with van der Waals surface area (Å²) >= 11 is 13.7. The number of hydrazone groups is 1. The Labute approximate surface area is 233 Å². The molecule has 1 aliphatic heterocycles. The van der Waals surface area contributed by atoms with Gasteiger partial charge < -0.3 is 0 Å². The molecule has 190 valence electrons. The minimum atomic E-state index is -0.394. The van der Waals surface area contributed by atoms with Crippen LogP contribution in [-0.2, 0) is 11.8 Å². The SMILES string of the molecule is Cc1c(N=C2SC(=Cc3ccccc3Cl)C(=O)N2N=Cc2ccccc2Cl)c(=O)n(-c2ccccc2)n1C. The van der Waals surface area contributed by atoms with Gasteiger partial charge in [0, 0.05) is 22.7 Å². The smallest absolute Gasteiger partial charge is 0.283 e. The summed E-state index contributed by atoms with van der Waals surface area (Å²) in [6.07, 6.45) is 3.19. The zero-order valence-corrected chi connectivity index (χ0v) is 22.7. The fourth-order valence-electron chi connectivity index (χ4n) is 3.85. The van der Waals surface area contributed by atoms with E-state index < -0.39 is 5.91 Å². The zero-order chi connectivity index (χ0) is 26.8. The molecule has 0 N–H and O–H groups in total. The number of hydrogen-bond acceptors (Lipinski definition) is 5. The van der Waals surface area contributed by atoms with Crippen LogP contribution in [0.2, 0.25) is 10.0 Å². The number of carbonyl (C=O) groups is 1. The van der Waals surface area contributed by atoms with E-state index in [2.05, 4.69) is 10.1 Å². The Morgan fingerprint density at radius 2 is 1.45 bits per heavy atom. The number of rotatable bonds is 5.